The van der Waals surface area contributed by atoms with E-state index < -0.39 is 29.9 Å². The number of ether oxygens (including phenoxy) is 2. The molecular formula is C23H27N3O5. The molecule has 1 unspecified atom stereocenters. The normalized spacial score (nSPS) is 18.0. The minimum Gasteiger partial charge on any atom is -0.496 e. The third kappa shape index (κ3) is 4.05. The van der Waals surface area contributed by atoms with Crippen LogP contribution in [0.15, 0.2) is 36.4 Å². The summed E-state index contributed by atoms with van der Waals surface area (Å²) in [5.41, 5.74) is 1.68. The van der Waals surface area contributed by atoms with Gasteiger partial charge in [0.15, 0.2) is 0 Å². The first-order valence-electron chi connectivity index (χ1n) is 9.99. The minimum atomic E-state index is -1.23. The van der Waals surface area contributed by atoms with E-state index in [2.05, 4.69) is 10.6 Å². The summed E-state index contributed by atoms with van der Waals surface area (Å²) in [5, 5.41) is 5.52. The Labute approximate surface area is 181 Å². The summed E-state index contributed by atoms with van der Waals surface area (Å²) in [7, 11) is 3.08. The second kappa shape index (κ2) is 8.67. The van der Waals surface area contributed by atoms with Crippen LogP contribution in [0.25, 0.3) is 0 Å². The van der Waals surface area contributed by atoms with Crippen LogP contribution in [-0.2, 0) is 15.1 Å². The van der Waals surface area contributed by atoms with E-state index in [0.29, 0.717) is 29.2 Å². The highest BCUT2D eigenvalue weighted by molar-refractivity contribution is 6.10. The van der Waals surface area contributed by atoms with E-state index in [1.54, 1.807) is 31.4 Å². The third-order valence-electron chi connectivity index (χ3n) is 5.52. The van der Waals surface area contributed by atoms with E-state index in [1.165, 1.54) is 7.11 Å². The van der Waals surface area contributed by atoms with Gasteiger partial charge in [-0.1, -0.05) is 19.1 Å². The Morgan fingerprint density at radius 2 is 1.74 bits per heavy atom. The summed E-state index contributed by atoms with van der Waals surface area (Å²) < 4.78 is 10.6. The number of hydrogen-bond acceptors (Lipinski definition) is 5. The topological polar surface area (TPSA) is 97.0 Å². The molecular weight excluding hydrogens is 398 g/mol. The van der Waals surface area contributed by atoms with Crippen molar-refractivity contribution in [1.82, 2.24) is 10.2 Å². The number of amides is 4. The molecule has 0 aromatic heterocycles. The SMILES string of the molecule is CCC1(c2ccc(OC)c(C)c2)NC(=O)N(CC(=O)Nc2cc(C)ccc2OC)C1=O. The summed E-state index contributed by atoms with van der Waals surface area (Å²) in [6.07, 6.45) is 0.340. The number of carbonyl (C=O) groups excluding carboxylic acids is 3. The molecule has 8 heteroatoms. The highest BCUT2D eigenvalue weighted by atomic mass is 16.5. The fourth-order valence-corrected chi connectivity index (χ4v) is 3.81. The standard InChI is InChI=1S/C23H27N3O5/c1-6-23(16-8-10-18(30-4)15(3)12-16)21(28)26(22(29)25-23)13-20(27)24-17-11-14(2)7-9-19(17)31-5/h7-12H,6,13H2,1-5H3,(H,24,27)(H,25,29). The maximum absolute atomic E-state index is 13.3. The number of hydrogen-bond donors (Lipinski definition) is 2. The summed E-state index contributed by atoms with van der Waals surface area (Å²) in [6.45, 7) is 5.17. The number of rotatable bonds is 7. The maximum Gasteiger partial charge on any atom is 0.325 e. The van der Waals surface area contributed by atoms with Gasteiger partial charge >= 0.3 is 6.03 Å². The highest BCUT2D eigenvalue weighted by Crippen LogP contribution is 2.35. The first-order valence-corrected chi connectivity index (χ1v) is 9.99. The fraction of sp³-hybridized carbons (Fsp3) is 0.348. The van der Waals surface area contributed by atoms with Gasteiger partial charge in [0.2, 0.25) is 5.91 Å². The molecule has 1 heterocycles. The summed E-state index contributed by atoms with van der Waals surface area (Å²) in [6, 6.07) is 10.1. The van der Waals surface area contributed by atoms with Crippen molar-refractivity contribution in [3.8, 4) is 11.5 Å². The number of methoxy groups -OCH3 is 2. The molecule has 1 aliphatic heterocycles. The van der Waals surface area contributed by atoms with Crippen LogP contribution >= 0.6 is 0 Å². The fourth-order valence-electron chi connectivity index (χ4n) is 3.81. The Morgan fingerprint density at radius 3 is 2.35 bits per heavy atom. The highest BCUT2D eigenvalue weighted by Gasteiger charge is 2.51. The van der Waals surface area contributed by atoms with Crippen molar-refractivity contribution in [1.29, 1.82) is 0 Å². The Kier molecular flexibility index (Phi) is 6.19. The molecule has 4 amide bonds. The van der Waals surface area contributed by atoms with Crippen molar-refractivity contribution in [2.45, 2.75) is 32.7 Å². The molecule has 8 nitrogen and oxygen atoms in total. The van der Waals surface area contributed by atoms with E-state index in [4.69, 9.17) is 9.47 Å². The molecule has 0 bridgehead atoms. The third-order valence-corrected chi connectivity index (χ3v) is 5.52. The first kappa shape index (κ1) is 22.1. The molecule has 2 aromatic rings. The van der Waals surface area contributed by atoms with Gasteiger partial charge in [-0.3, -0.25) is 14.5 Å². The molecule has 164 valence electrons. The van der Waals surface area contributed by atoms with Crippen LogP contribution < -0.4 is 20.1 Å². The van der Waals surface area contributed by atoms with E-state index >= 15 is 0 Å². The smallest absolute Gasteiger partial charge is 0.325 e. The molecule has 2 N–H and O–H groups in total. The molecule has 0 saturated carbocycles. The Morgan fingerprint density at radius 1 is 1.06 bits per heavy atom. The second-order valence-electron chi connectivity index (χ2n) is 7.52. The van der Waals surface area contributed by atoms with Crippen molar-refractivity contribution in [3.05, 3.63) is 53.1 Å². The molecule has 0 radical (unpaired) electrons. The van der Waals surface area contributed by atoms with Crippen LogP contribution in [0, 0.1) is 13.8 Å². The van der Waals surface area contributed by atoms with Gasteiger partial charge in [0.05, 0.1) is 19.9 Å². The van der Waals surface area contributed by atoms with Gasteiger partial charge in [0.1, 0.15) is 23.6 Å². The summed E-state index contributed by atoms with van der Waals surface area (Å²) in [4.78, 5) is 39.6. The monoisotopic (exact) mass is 425 g/mol. The van der Waals surface area contributed by atoms with Crippen LogP contribution in [0.3, 0.4) is 0 Å². The molecule has 3 rings (SSSR count). The van der Waals surface area contributed by atoms with E-state index in [1.807, 2.05) is 32.9 Å². The van der Waals surface area contributed by atoms with Gasteiger partial charge < -0.3 is 20.1 Å². The zero-order valence-corrected chi connectivity index (χ0v) is 18.4. The quantitative estimate of drug-likeness (QED) is 0.665. The van der Waals surface area contributed by atoms with Gasteiger partial charge in [-0.05, 0) is 61.2 Å². The van der Waals surface area contributed by atoms with E-state index in [0.717, 1.165) is 16.0 Å². The van der Waals surface area contributed by atoms with Gasteiger partial charge in [-0.15, -0.1) is 0 Å². The molecule has 31 heavy (non-hydrogen) atoms. The van der Waals surface area contributed by atoms with Gasteiger partial charge in [0.25, 0.3) is 5.91 Å². The molecule has 1 fully saturated rings. The van der Waals surface area contributed by atoms with Crippen molar-refractivity contribution < 1.29 is 23.9 Å². The number of carbonyl (C=O) groups is 3. The number of nitrogens with one attached hydrogen (secondary N) is 2. The number of urea groups is 1. The molecule has 0 spiro atoms. The lowest BCUT2D eigenvalue weighted by atomic mass is 9.86. The van der Waals surface area contributed by atoms with Crippen molar-refractivity contribution in [3.63, 3.8) is 0 Å². The Balaban J connectivity index is 1.83. The second-order valence-corrected chi connectivity index (χ2v) is 7.52. The number of imide groups is 1. The Hall–Kier alpha value is -3.55. The van der Waals surface area contributed by atoms with Crippen LogP contribution in [-0.4, -0.2) is 43.5 Å². The average Bonchev–Trinajstić information content (AvgIpc) is 2.99. The largest absolute Gasteiger partial charge is 0.496 e. The van der Waals surface area contributed by atoms with Crippen LogP contribution in [0.2, 0.25) is 0 Å². The number of aryl methyl sites for hydroxylation is 2. The lowest BCUT2D eigenvalue weighted by molar-refractivity contribution is -0.134. The number of anilines is 1. The van der Waals surface area contributed by atoms with Gasteiger partial charge in [-0.2, -0.15) is 0 Å². The zero-order chi connectivity index (χ0) is 22.8. The zero-order valence-electron chi connectivity index (χ0n) is 18.4. The lowest BCUT2D eigenvalue weighted by Gasteiger charge is -2.26. The first-order chi connectivity index (χ1) is 14.7. The maximum atomic E-state index is 13.3. The number of nitrogens with zero attached hydrogens (tertiary/aromatic N) is 1. The van der Waals surface area contributed by atoms with Gasteiger partial charge in [-0.25, -0.2) is 4.79 Å². The van der Waals surface area contributed by atoms with Gasteiger partial charge in [0, 0.05) is 0 Å². The Bertz CT molecular complexity index is 1040. The van der Waals surface area contributed by atoms with Crippen LogP contribution in [0.4, 0.5) is 10.5 Å². The lowest BCUT2D eigenvalue weighted by Crippen LogP contribution is -2.44. The molecule has 1 atom stereocenters. The van der Waals surface area contributed by atoms with E-state index in [9.17, 15) is 14.4 Å². The number of benzene rings is 2. The van der Waals surface area contributed by atoms with Crippen molar-refractivity contribution >= 4 is 23.5 Å². The summed E-state index contributed by atoms with van der Waals surface area (Å²) >= 11 is 0. The van der Waals surface area contributed by atoms with Crippen LogP contribution in [0.5, 0.6) is 11.5 Å². The predicted molar refractivity (Wildman–Crippen MR) is 116 cm³/mol. The van der Waals surface area contributed by atoms with Crippen LogP contribution in [0.1, 0.15) is 30.0 Å². The molecule has 0 aliphatic carbocycles. The van der Waals surface area contributed by atoms with Crippen molar-refractivity contribution in [2.75, 3.05) is 26.1 Å². The predicted octanol–water partition coefficient (Wildman–Crippen LogP) is 3.12. The van der Waals surface area contributed by atoms with Crippen molar-refractivity contribution in [2.24, 2.45) is 0 Å². The molecule has 1 aliphatic rings. The molecule has 2 aromatic carbocycles. The van der Waals surface area contributed by atoms with E-state index in [-0.39, 0.29) is 0 Å². The molecule has 1 saturated heterocycles. The average molecular weight is 425 g/mol. The summed E-state index contributed by atoms with van der Waals surface area (Å²) in [5.74, 6) is 0.226. The minimum absolute atomic E-state index is 0.340.